The highest BCUT2D eigenvalue weighted by molar-refractivity contribution is 5.89. The minimum atomic E-state index is -0.360. The number of benzene rings is 1. The molecule has 0 fully saturated rings. The van der Waals surface area contributed by atoms with Gasteiger partial charge in [-0.3, -0.25) is 4.79 Å². The molecule has 88 valence electrons. The molecular weight excluding hydrogens is 220 g/mol. The van der Waals surface area contributed by atoms with E-state index >= 15 is 0 Å². The fourth-order valence-corrected chi connectivity index (χ4v) is 1.31. The Morgan fingerprint density at radius 2 is 2.00 bits per heavy atom. The standard InChI is InChI=1S/C10H12N6O/c11-5-7-1-3-8(4-2-7)6-12-10(17)9-13-15-16-14-9/h1-4H,5-6,11H2,(H,12,17)(H,13,14,15,16). The zero-order valence-electron chi connectivity index (χ0n) is 9.05. The van der Waals surface area contributed by atoms with Crippen LogP contribution in [0.4, 0.5) is 0 Å². The molecule has 7 nitrogen and oxygen atoms in total. The van der Waals surface area contributed by atoms with E-state index in [1.54, 1.807) is 0 Å². The smallest absolute Gasteiger partial charge is 0.293 e. The molecule has 1 heterocycles. The zero-order valence-corrected chi connectivity index (χ0v) is 9.05. The molecule has 0 aliphatic carbocycles. The Hall–Kier alpha value is -2.28. The number of amides is 1. The minimum Gasteiger partial charge on any atom is -0.345 e. The molecule has 0 unspecified atom stereocenters. The maximum atomic E-state index is 11.5. The first-order valence-electron chi connectivity index (χ1n) is 5.09. The van der Waals surface area contributed by atoms with E-state index in [2.05, 4.69) is 25.9 Å². The van der Waals surface area contributed by atoms with Gasteiger partial charge in [0.05, 0.1) is 0 Å². The van der Waals surface area contributed by atoms with Gasteiger partial charge in [0.2, 0.25) is 0 Å². The molecule has 1 amide bonds. The molecule has 4 N–H and O–H groups in total. The van der Waals surface area contributed by atoms with Crippen molar-refractivity contribution in [2.45, 2.75) is 13.1 Å². The number of rotatable bonds is 4. The number of H-pyrrole nitrogens is 1. The summed E-state index contributed by atoms with van der Waals surface area (Å²) in [4.78, 5) is 11.5. The van der Waals surface area contributed by atoms with Gasteiger partial charge >= 0.3 is 0 Å². The van der Waals surface area contributed by atoms with Crippen LogP contribution in [0.15, 0.2) is 24.3 Å². The number of carbonyl (C=O) groups is 1. The Kier molecular flexibility index (Phi) is 3.41. The average molecular weight is 232 g/mol. The summed E-state index contributed by atoms with van der Waals surface area (Å²) in [6.07, 6.45) is 0. The highest BCUT2D eigenvalue weighted by Gasteiger charge is 2.09. The topological polar surface area (TPSA) is 110 Å². The molecule has 0 saturated carbocycles. The number of aromatic nitrogens is 4. The third-order valence-corrected chi connectivity index (χ3v) is 2.26. The summed E-state index contributed by atoms with van der Waals surface area (Å²) in [7, 11) is 0. The molecule has 2 aromatic rings. The molecule has 1 aromatic carbocycles. The summed E-state index contributed by atoms with van der Waals surface area (Å²) in [5.41, 5.74) is 7.53. The first kappa shape index (κ1) is 11.2. The van der Waals surface area contributed by atoms with Gasteiger partial charge < -0.3 is 11.1 Å². The van der Waals surface area contributed by atoms with E-state index in [0.29, 0.717) is 13.1 Å². The van der Waals surface area contributed by atoms with Crippen LogP contribution in [0.3, 0.4) is 0 Å². The molecule has 0 atom stereocenters. The Bertz CT molecular complexity index is 478. The second-order valence-electron chi connectivity index (χ2n) is 3.44. The molecule has 17 heavy (non-hydrogen) atoms. The van der Waals surface area contributed by atoms with Crippen LogP contribution in [-0.2, 0) is 13.1 Å². The van der Waals surface area contributed by atoms with Crippen molar-refractivity contribution in [3.63, 3.8) is 0 Å². The maximum absolute atomic E-state index is 11.5. The lowest BCUT2D eigenvalue weighted by Gasteiger charge is -2.03. The number of carbonyl (C=O) groups excluding carboxylic acids is 1. The van der Waals surface area contributed by atoms with Crippen LogP contribution in [0.2, 0.25) is 0 Å². The van der Waals surface area contributed by atoms with Crippen molar-refractivity contribution in [2.24, 2.45) is 5.73 Å². The normalized spacial score (nSPS) is 10.2. The summed E-state index contributed by atoms with van der Waals surface area (Å²) < 4.78 is 0. The number of nitrogens with two attached hydrogens (primary N) is 1. The molecule has 0 bridgehead atoms. The molecule has 0 radical (unpaired) electrons. The highest BCUT2D eigenvalue weighted by Crippen LogP contribution is 2.03. The van der Waals surface area contributed by atoms with Gasteiger partial charge in [0, 0.05) is 13.1 Å². The van der Waals surface area contributed by atoms with Crippen LogP contribution in [-0.4, -0.2) is 26.5 Å². The predicted molar refractivity (Wildman–Crippen MR) is 59.7 cm³/mol. The van der Waals surface area contributed by atoms with Gasteiger partial charge in [-0.25, -0.2) is 0 Å². The van der Waals surface area contributed by atoms with Gasteiger partial charge in [0.1, 0.15) is 0 Å². The first-order valence-corrected chi connectivity index (χ1v) is 5.09. The monoisotopic (exact) mass is 232 g/mol. The average Bonchev–Trinajstić information content (AvgIpc) is 2.90. The number of aromatic amines is 1. The number of tetrazole rings is 1. The molecule has 2 rings (SSSR count). The summed E-state index contributed by atoms with van der Waals surface area (Å²) in [6.45, 7) is 0.924. The minimum absolute atomic E-state index is 0.0311. The molecule has 0 aliphatic heterocycles. The van der Waals surface area contributed by atoms with Crippen LogP contribution in [0.25, 0.3) is 0 Å². The molecule has 0 saturated heterocycles. The Morgan fingerprint density at radius 1 is 1.29 bits per heavy atom. The van der Waals surface area contributed by atoms with E-state index in [9.17, 15) is 4.79 Å². The lowest BCUT2D eigenvalue weighted by Crippen LogP contribution is -2.24. The largest absolute Gasteiger partial charge is 0.345 e. The van der Waals surface area contributed by atoms with Crippen LogP contribution in [0.5, 0.6) is 0 Å². The molecule has 0 spiro atoms. The summed E-state index contributed by atoms with van der Waals surface area (Å²) in [6, 6.07) is 7.68. The van der Waals surface area contributed by atoms with Gasteiger partial charge in [-0.2, -0.15) is 5.21 Å². The first-order chi connectivity index (χ1) is 8.29. The summed E-state index contributed by atoms with van der Waals surface area (Å²) >= 11 is 0. The third kappa shape index (κ3) is 2.85. The van der Waals surface area contributed by atoms with Crippen molar-refractivity contribution in [1.82, 2.24) is 25.9 Å². The second kappa shape index (κ2) is 5.17. The Morgan fingerprint density at radius 3 is 2.59 bits per heavy atom. The van der Waals surface area contributed by atoms with Crippen molar-refractivity contribution >= 4 is 5.91 Å². The lowest BCUT2D eigenvalue weighted by atomic mass is 10.1. The van der Waals surface area contributed by atoms with Gasteiger partial charge in [0.15, 0.2) is 0 Å². The lowest BCUT2D eigenvalue weighted by molar-refractivity contribution is 0.0940. The quantitative estimate of drug-likeness (QED) is 0.663. The number of nitrogens with zero attached hydrogens (tertiary/aromatic N) is 3. The number of nitrogens with one attached hydrogen (secondary N) is 2. The van der Waals surface area contributed by atoms with Crippen molar-refractivity contribution in [3.8, 4) is 0 Å². The van der Waals surface area contributed by atoms with E-state index < -0.39 is 0 Å². The summed E-state index contributed by atoms with van der Waals surface area (Å²) in [5, 5.41) is 15.4. The van der Waals surface area contributed by atoms with Crippen molar-refractivity contribution in [2.75, 3.05) is 0 Å². The predicted octanol–water partition coefficient (Wildman–Crippen LogP) is -0.412. The van der Waals surface area contributed by atoms with Crippen molar-refractivity contribution in [3.05, 3.63) is 41.2 Å². The molecular formula is C10H12N6O. The molecule has 0 aliphatic rings. The van der Waals surface area contributed by atoms with E-state index in [0.717, 1.165) is 11.1 Å². The SMILES string of the molecule is NCc1ccc(CNC(=O)c2nn[nH]n2)cc1. The number of hydrogen-bond donors (Lipinski definition) is 3. The third-order valence-electron chi connectivity index (χ3n) is 2.26. The highest BCUT2D eigenvalue weighted by atomic mass is 16.2. The van der Waals surface area contributed by atoms with Gasteiger partial charge in [-0.15, -0.1) is 10.2 Å². The molecule has 1 aromatic heterocycles. The van der Waals surface area contributed by atoms with E-state index in [-0.39, 0.29) is 11.7 Å². The maximum Gasteiger partial charge on any atom is 0.293 e. The van der Waals surface area contributed by atoms with E-state index in [4.69, 9.17) is 5.73 Å². The van der Waals surface area contributed by atoms with Crippen LogP contribution in [0.1, 0.15) is 21.7 Å². The van der Waals surface area contributed by atoms with Gasteiger partial charge in [-0.05, 0) is 16.3 Å². The number of hydrogen-bond acceptors (Lipinski definition) is 5. The zero-order chi connectivity index (χ0) is 12.1. The Labute approximate surface area is 97.4 Å². The van der Waals surface area contributed by atoms with E-state index in [1.165, 1.54) is 0 Å². The van der Waals surface area contributed by atoms with E-state index in [1.807, 2.05) is 24.3 Å². The van der Waals surface area contributed by atoms with Crippen molar-refractivity contribution < 1.29 is 4.79 Å². The van der Waals surface area contributed by atoms with Crippen LogP contribution in [0, 0.1) is 0 Å². The fourth-order valence-electron chi connectivity index (χ4n) is 1.31. The molecule has 7 heteroatoms. The Balaban J connectivity index is 1.91. The van der Waals surface area contributed by atoms with Gasteiger partial charge in [0.25, 0.3) is 11.7 Å². The van der Waals surface area contributed by atoms with Crippen molar-refractivity contribution in [1.29, 1.82) is 0 Å². The summed E-state index contributed by atoms with van der Waals surface area (Å²) in [5.74, 6) is -0.328. The van der Waals surface area contributed by atoms with Crippen LogP contribution < -0.4 is 11.1 Å². The van der Waals surface area contributed by atoms with Gasteiger partial charge in [-0.1, -0.05) is 24.3 Å². The van der Waals surface area contributed by atoms with Crippen LogP contribution >= 0.6 is 0 Å². The second-order valence-corrected chi connectivity index (χ2v) is 3.44. The fraction of sp³-hybridized carbons (Fsp3) is 0.200.